The first-order chi connectivity index (χ1) is 13.6. The van der Waals surface area contributed by atoms with E-state index >= 15 is 0 Å². The Morgan fingerprint density at radius 3 is 1.68 bits per heavy atom. The lowest BCUT2D eigenvalue weighted by Crippen LogP contribution is -1.92. The zero-order chi connectivity index (χ0) is 19.9. The fourth-order valence-electron chi connectivity index (χ4n) is 2.71. The summed E-state index contributed by atoms with van der Waals surface area (Å²) in [5.41, 5.74) is 4.21. The molecule has 0 unspecified atom stereocenters. The molecular weight excluding hydrogens is 350 g/mol. The Balaban J connectivity index is 1.72. The zero-order valence-electron chi connectivity index (χ0n) is 15.9. The lowest BCUT2D eigenvalue weighted by molar-refractivity contribution is 0.501. The second-order valence-electron chi connectivity index (χ2n) is 6.58. The highest BCUT2D eigenvalue weighted by Gasteiger charge is 2.08. The molecule has 0 aliphatic rings. The van der Waals surface area contributed by atoms with Gasteiger partial charge in [-0.2, -0.15) is 0 Å². The molecule has 0 saturated heterocycles. The topological polar surface area (TPSA) is 0 Å². The van der Waals surface area contributed by atoms with Crippen molar-refractivity contribution in [2.45, 2.75) is 26.7 Å². The van der Waals surface area contributed by atoms with E-state index in [9.17, 15) is 8.78 Å². The van der Waals surface area contributed by atoms with Crippen LogP contribution in [0, 0.1) is 42.2 Å². The van der Waals surface area contributed by atoms with E-state index in [0.29, 0.717) is 0 Å². The fourth-order valence-corrected chi connectivity index (χ4v) is 2.71. The van der Waals surface area contributed by atoms with Crippen LogP contribution in [0.4, 0.5) is 8.78 Å². The van der Waals surface area contributed by atoms with Crippen LogP contribution in [0.3, 0.4) is 0 Å². The van der Waals surface area contributed by atoms with Gasteiger partial charge in [0.05, 0.1) is 5.56 Å². The highest BCUT2D eigenvalue weighted by Crippen LogP contribution is 2.15. The normalized spacial score (nSPS) is 9.86. The Labute approximate surface area is 165 Å². The number of rotatable bonds is 2. The molecule has 3 aromatic rings. The first kappa shape index (κ1) is 19.4. The standard InChI is InChI=1S/C26H20F2/c1-3-4-20-6-8-21(9-7-20)10-11-22-12-14-23(15-13-22)16-18-24-17-5-19(2)25(27)26(24)28/h5-9,12-15,17H,3-4H2,1-2H3. The van der Waals surface area contributed by atoms with Gasteiger partial charge in [0.25, 0.3) is 0 Å². The molecule has 138 valence electrons. The number of aryl methyl sites for hydroxylation is 2. The number of benzene rings is 3. The zero-order valence-corrected chi connectivity index (χ0v) is 15.9. The van der Waals surface area contributed by atoms with Gasteiger partial charge in [-0.05, 0) is 66.9 Å². The monoisotopic (exact) mass is 370 g/mol. The van der Waals surface area contributed by atoms with E-state index in [4.69, 9.17) is 0 Å². The smallest absolute Gasteiger partial charge is 0.174 e. The van der Waals surface area contributed by atoms with E-state index in [1.165, 1.54) is 24.6 Å². The molecule has 0 bridgehead atoms. The van der Waals surface area contributed by atoms with E-state index in [1.807, 2.05) is 36.4 Å². The summed E-state index contributed by atoms with van der Waals surface area (Å²) >= 11 is 0. The molecule has 0 aliphatic carbocycles. The fraction of sp³-hybridized carbons (Fsp3) is 0.154. The van der Waals surface area contributed by atoms with Crippen molar-refractivity contribution in [1.82, 2.24) is 0 Å². The minimum atomic E-state index is -0.903. The molecule has 0 aliphatic heterocycles. The molecule has 0 fully saturated rings. The van der Waals surface area contributed by atoms with E-state index in [1.54, 1.807) is 0 Å². The number of hydrogen-bond acceptors (Lipinski definition) is 0. The SMILES string of the molecule is CCCc1ccc(C#Cc2ccc(C#Cc3ccc(C)c(F)c3F)cc2)cc1. The van der Waals surface area contributed by atoms with Crippen LogP contribution in [-0.4, -0.2) is 0 Å². The molecule has 0 saturated carbocycles. The van der Waals surface area contributed by atoms with Crippen LogP contribution in [0.2, 0.25) is 0 Å². The van der Waals surface area contributed by atoms with Crippen LogP contribution in [0.15, 0.2) is 60.7 Å². The minimum absolute atomic E-state index is 0.0542. The molecule has 0 nitrogen and oxygen atoms in total. The van der Waals surface area contributed by atoms with Gasteiger partial charge in [0.1, 0.15) is 0 Å². The van der Waals surface area contributed by atoms with Crippen molar-refractivity contribution in [3.8, 4) is 23.7 Å². The predicted octanol–water partition coefficient (Wildman–Crippen LogP) is 6.03. The molecule has 0 atom stereocenters. The molecule has 3 aromatic carbocycles. The van der Waals surface area contributed by atoms with Crippen LogP contribution in [0.25, 0.3) is 0 Å². The first-order valence-electron chi connectivity index (χ1n) is 9.24. The average Bonchev–Trinajstić information content (AvgIpc) is 2.72. The molecule has 2 heteroatoms. The van der Waals surface area contributed by atoms with Gasteiger partial charge in [-0.1, -0.05) is 55.2 Å². The highest BCUT2D eigenvalue weighted by molar-refractivity contribution is 5.48. The van der Waals surface area contributed by atoms with Gasteiger partial charge >= 0.3 is 0 Å². The highest BCUT2D eigenvalue weighted by atomic mass is 19.2. The van der Waals surface area contributed by atoms with Crippen molar-refractivity contribution in [2.24, 2.45) is 0 Å². The summed E-state index contributed by atoms with van der Waals surface area (Å²) in [6, 6.07) is 18.7. The third-order valence-electron chi connectivity index (χ3n) is 4.35. The van der Waals surface area contributed by atoms with Crippen LogP contribution >= 0.6 is 0 Å². The summed E-state index contributed by atoms with van der Waals surface area (Å²) in [5, 5.41) is 0. The van der Waals surface area contributed by atoms with Gasteiger partial charge in [0.2, 0.25) is 0 Å². The summed E-state index contributed by atoms with van der Waals surface area (Å²) in [5.74, 6) is 10.1. The minimum Gasteiger partial charge on any atom is -0.203 e. The third kappa shape index (κ3) is 4.87. The van der Waals surface area contributed by atoms with E-state index in [0.717, 1.165) is 29.5 Å². The van der Waals surface area contributed by atoms with Crippen molar-refractivity contribution in [3.63, 3.8) is 0 Å². The molecule has 0 radical (unpaired) electrons. The maximum atomic E-state index is 13.9. The van der Waals surface area contributed by atoms with Gasteiger partial charge < -0.3 is 0 Å². The molecule has 0 aromatic heterocycles. The van der Waals surface area contributed by atoms with Crippen LogP contribution in [-0.2, 0) is 6.42 Å². The Kier molecular flexibility index (Phi) is 6.25. The summed E-state index contributed by atoms with van der Waals surface area (Å²) in [7, 11) is 0. The lowest BCUT2D eigenvalue weighted by atomic mass is 10.1. The Hall–Kier alpha value is -3.36. The van der Waals surface area contributed by atoms with Crippen molar-refractivity contribution in [1.29, 1.82) is 0 Å². The van der Waals surface area contributed by atoms with Gasteiger partial charge in [-0.25, -0.2) is 8.78 Å². The molecule has 0 amide bonds. The second-order valence-corrected chi connectivity index (χ2v) is 6.58. The van der Waals surface area contributed by atoms with Crippen molar-refractivity contribution >= 4 is 0 Å². The van der Waals surface area contributed by atoms with E-state index < -0.39 is 11.6 Å². The molecule has 0 spiro atoms. The largest absolute Gasteiger partial charge is 0.203 e. The maximum Gasteiger partial charge on any atom is 0.174 e. The third-order valence-corrected chi connectivity index (χ3v) is 4.35. The van der Waals surface area contributed by atoms with Crippen molar-refractivity contribution < 1.29 is 8.78 Å². The molecule has 28 heavy (non-hydrogen) atoms. The predicted molar refractivity (Wildman–Crippen MR) is 110 cm³/mol. The van der Waals surface area contributed by atoms with Crippen LogP contribution < -0.4 is 0 Å². The molecule has 0 N–H and O–H groups in total. The van der Waals surface area contributed by atoms with Gasteiger partial charge in [-0.3, -0.25) is 0 Å². The summed E-state index contributed by atoms with van der Waals surface area (Å²) < 4.78 is 27.5. The van der Waals surface area contributed by atoms with Crippen LogP contribution in [0.5, 0.6) is 0 Å². The Morgan fingerprint density at radius 1 is 0.643 bits per heavy atom. The van der Waals surface area contributed by atoms with E-state index in [2.05, 4.69) is 42.7 Å². The summed E-state index contributed by atoms with van der Waals surface area (Å²) in [6.45, 7) is 3.69. The Morgan fingerprint density at radius 2 is 1.14 bits per heavy atom. The van der Waals surface area contributed by atoms with Gasteiger partial charge in [0, 0.05) is 16.7 Å². The quantitative estimate of drug-likeness (QED) is 0.484. The Bertz CT molecular complexity index is 1080. The molecule has 3 rings (SSSR count). The second kappa shape index (κ2) is 9.03. The first-order valence-corrected chi connectivity index (χ1v) is 9.24. The van der Waals surface area contributed by atoms with Gasteiger partial charge in [-0.15, -0.1) is 0 Å². The number of halogens is 2. The average molecular weight is 370 g/mol. The summed E-state index contributed by atoms with van der Waals surface area (Å²) in [4.78, 5) is 0. The molecular formula is C26H20F2. The van der Waals surface area contributed by atoms with E-state index in [-0.39, 0.29) is 11.1 Å². The number of hydrogen-bond donors (Lipinski definition) is 0. The van der Waals surface area contributed by atoms with Crippen molar-refractivity contribution in [3.05, 3.63) is 106 Å². The van der Waals surface area contributed by atoms with Crippen LogP contribution in [0.1, 0.15) is 46.7 Å². The maximum absolute atomic E-state index is 13.9. The lowest BCUT2D eigenvalue weighted by Gasteiger charge is -1.99. The van der Waals surface area contributed by atoms with Crippen molar-refractivity contribution in [2.75, 3.05) is 0 Å². The molecule has 0 heterocycles. The van der Waals surface area contributed by atoms with Gasteiger partial charge in [0.15, 0.2) is 11.6 Å². The summed E-state index contributed by atoms with van der Waals surface area (Å²) in [6.07, 6.45) is 2.21.